The van der Waals surface area contributed by atoms with Crippen LogP contribution in [0, 0.1) is 10.1 Å². The molecule has 1 aromatic rings. The number of methoxy groups -OCH3 is 3. The minimum absolute atomic E-state index is 0.340. The van der Waals surface area contributed by atoms with Crippen LogP contribution in [0.2, 0.25) is 0 Å². The van der Waals surface area contributed by atoms with Crippen molar-refractivity contribution in [2.24, 2.45) is 0 Å². The van der Waals surface area contributed by atoms with Gasteiger partial charge in [0.25, 0.3) is 0 Å². The van der Waals surface area contributed by atoms with E-state index < -0.39 is 43.8 Å². The smallest absolute Gasteiger partial charge is 0.345 e. The van der Waals surface area contributed by atoms with Crippen LogP contribution >= 0.6 is 0 Å². The lowest BCUT2D eigenvalue weighted by atomic mass is 10.1. The molecule has 0 unspecified atom stereocenters. The van der Waals surface area contributed by atoms with Gasteiger partial charge in [0, 0.05) is 6.07 Å². The van der Waals surface area contributed by atoms with E-state index in [9.17, 15) is 23.3 Å². The minimum atomic E-state index is -3.97. The van der Waals surface area contributed by atoms with Gasteiger partial charge in [0.2, 0.25) is 11.5 Å². The number of carbonyl (C=O) groups excluding carboxylic acids is 1. The largest absolute Gasteiger partial charge is 0.490 e. The standard InChI is InChI=1S/C11H13NO9S/c1-18-9-7(21-22(4,16)17)5-6(11(13)20-3)8(12(14)15)10(9)19-2/h5H,1-4H3. The second-order valence-corrected chi connectivity index (χ2v) is 5.45. The molecule has 0 aromatic heterocycles. The minimum Gasteiger partial charge on any atom is -0.490 e. The summed E-state index contributed by atoms with van der Waals surface area (Å²) < 4.78 is 41.4. The fourth-order valence-electron chi connectivity index (χ4n) is 1.66. The zero-order chi connectivity index (χ0) is 17.1. The quantitative estimate of drug-likeness (QED) is 0.319. The summed E-state index contributed by atoms with van der Waals surface area (Å²) >= 11 is 0. The molecule has 0 aliphatic carbocycles. The first-order valence-electron chi connectivity index (χ1n) is 5.57. The van der Waals surface area contributed by atoms with E-state index in [4.69, 9.17) is 9.47 Å². The summed E-state index contributed by atoms with van der Waals surface area (Å²) in [5.74, 6) is -2.31. The van der Waals surface area contributed by atoms with Gasteiger partial charge >= 0.3 is 21.8 Å². The van der Waals surface area contributed by atoms with Crippen LogP contribution in [0.15, 0.2) is 6.07 Å². The van der Waals surface area contributed by atoms with E-state index in [1.165, 1.54) is 0 Å². The van der Waals surface area contributed by atoms with Gasteiger partial charge in [0.15, 0.2) is 5.75 Å². The molecule has 0 saturated heterocycles. The number of hydrogen-bond acceptors (Lipinski definition) is 9. The SMILES string of the molecule is COC(=O)c1cc(OS(C)(=O)=O)c(OC)c(OC)c1[N+](=O)[O-]. The van der Waals surface area contributed by atoms with Crippen molar-refractivity contribution in [3.05, 3.63) is 21.7 Å². The third-order valence-electron chi connectivity index (χ3n) is 2.41. The number of nitro groups is 1. The first kappa shape index (κ1) is 17.5. The van der Waals surface area contributed by atoms with Crippen molar-refractivity contribution in [2.75, 3.05) is 27.6 Å². The highest BCUT2D eigenvalue weighted by Gasteiger charge is 2.34. The van der Waals surface area contributed by atoms with Crippen LogP contribution in [-0.4, -0.2) is 46.9 Å². The highest BCUT2D eigenvalue weighted by atomic mass is 32.2. The molecule has 0 radical (unpaired) electrons. The Morgan fingerprint density at radius 1 is 1.18 bits per heavy atom. The number of esters is 1. The molecule has 0 N–H and O–H groups in total. The molecule has 10 nitrogen and oxygen atoms in total. The molecule has 0 spiro atoms. The lowest BCUT2D eigenvalue weighted by Crippen LogP contribution is -2.12. The Labute approximate surface area is 125 Å². The molecule has 0 heterocycles. The van der Waals surface area contributed by atoms with Crippen LogP contribution < -0.4 is 13.7 Å². The molecular formula is C11H13NO9S. The maximum atomic E-state index is 11.7. The van der Waals surface area contributed by atoms with Crippen LogP contribution in [0.3, 0.4) is 0 Å². The number of carbonyl (C=O) groups is 1. The fraction of sp³-hybridized carbons (Fsp3) is 0.364. The summed E-state index contributed by atoms with van der Waals surface area (Å²) in [6.45, 7) is 0. The Kier molecular flexibility index (Phi) is 5.14. The summed E-state index contributed by atoms with van der Waals surface area (Å²) in [5, 5.41) is 11.2. The molecule has 1 aromatic carbocycles. The summed E-state index contributed by atoms with van der Waals surface area (Å²) in [7, 11) is -0.734. The van der Waals surface area contributed by atoms with Crippen molar-refractivity contribution in [3.63, 3.8) is 0 Å². The molecule has 0 fully saturated rings. The maximum Gasteiger partial charge on any atom is 0.345 e. The van der Waals surface area contributed by atoms with Gasteiger partial charge in [0.05, 0.1) is 32.5 Å². The highest BCUT2D eigenvalue weighted by Crippen LogP contribution is 2.46. The topological polar surface area (TPSA) is 131 Å². The molecule has 0 saturated carbocycles. The van der Waals surface area contributed by atoms with Gasteiger partial charge in [-0.1, -0.05) is 0 Å². The Bertz CT molecular complexity index is 711. The van der Waals surface area contributed by atoms with Crippen LogP contribution in [0.4, 0.5) is 5.69 Å². The summed E-state index contributed by atoms with van der Waals surface area (Å²) in [6.07, 6.45) is 0.762. The molecular weight excluding hydrogens is 322 g/mol. The van der Waals surface area contributed by atoms with E-state index in [1.54, 1.807) is 0 Å². The molecule has 11 heteroatoms. The fourth-order valence-corrected chi connectivity index (χ4v) is 2.11. The van der Waals surface area contributed by atoms with Gasteiger partial charge in [-0.05, 0) is 0 Å². The Hall–Kier alpha value is -2.56. The van der Waals surface area contributed by atoms with E-state index in [2.05, 4.69) is 8.92 Å². The second kappa shape index (κ2) is 6.47. The third-order valence-corrected chi connectivity index (χ3v) is 2.90. The van der Waals surface area contributed by atoms with Crippen molar-refractivity contribution >= 4 is 21.8 Å². The number of rotatable bonds is 6. The Balaban J connectivity index is 3.80. The Morgan fingerprint density at radius 2 is 1.73 bits per heavy atom. The molecule has 1 rings (SSSR count). The van der Waals surface area contributed by atoms with Crippen LogP contribution in [0.25, 0.3) is 0 Å². The number of nitrogens with zero attached hydrogens (tertiary/aromatic N) is 1. The number of benzene rings is 1. The Morgan fingerprint density at radius 3 is 2.09 bits per heavy atom. The first-order chi connectivity index (χ1) is 10.2. The van der Waals surface area contributed by atoms with E-state index in [0.29, 0.717) is 0 Å². The average molecular weight is 335 g/mol. The molecule has 22 heavy (non-hydrogen) atoms. The average Bonchev–Trinajstić information content (AvgIpc) is 2.42. The summed E-state index contributed by atoms with van der Waals surface area (Å²) in [4.78, 5) is 22.0. The zero-order valence-corrected chi connectivity index (χ0v) is 12.9. The maximum absolute atomic E-state index is 11.7. The lowest BCUT2D eigenvalue weighted by Gasteiger charge is -2.14. The van der Waals surface area contributed by atoms with Gasteiger partial charge in [0.1, 0.15) is 5.56 Å². The second-order valence-electron chi connectivity index (χ2n) is 3.87. The van der Waals surface area contributed by atoms with Gasteiger partial charge in [-0.25, -0.2) is 4.79 Å². The molecule has 0 aliphatic heterocycles. The predicted molar refractivity (Wildman–Crippen MR) is 73.0 cm³/mol. The molecule has 122 valence electrons. The van der Waals surface area contributed by atoms with Crippen LogP contribution in [0.5, 0.6) is 17.2 Å². The van der Waals surface area contributed by atoms with Crippen molar-refractivity contribution in [2.45, 2.75) is 0 Å². The lowest BCUT2D eigenvalue weighted by molar-refractivity contribution is -0.386. The highest BCUT2D eigenvalue weighted by molar-refractivity contribution is 7.86. The van der Waals surface area contributed by atoms with Crippen molar-refractivity contribution in [3.8, 4) is 17.2 Å². The molecule has 0 aliphatic rings. The van der Waals surface area contributed by atoms with Gasteiger partial charge in [-0.15, -0.1) is 0 Å². The van der Waals surface area contributed by atoms with Crippen LogP contribution in [0.1, 0.15) is 10.4 Å². The van der Waals surface area contributed by atoms with Crippen LogP contribution in [-0.2, 0) is 14.9 Å². The summed E-state index contributed by atoms with van der Waals surface area (Å²) in [6, 6.07) is 0.840. The molecule has 0 amide bonds. The van der Waals surface area contributed by atoms with E-state index in [1.807, 2.05) is 0 Å². The van der Waals surface area contributed by atoms with Crippen molar-refractivity contribution in [1.82, 2.24) is 0 Å². The number of ether oxygens (including phenoxy) is 3. The predicted octanol–water partition coefficient (Wildman–Crippen LogP) is 0.737. The molecule has 0 atom stereocenters. The summed E-state index contributed by atoms with van der Waals surface area (Å²) in [5.41, 5.74) is -1.27. The molecule has 0 bridgehead atoms. The van der Waals surface area contributed by atoms with Crippen molar-refractivity contribution in [1.29, 1.82) is 0 Å². The van der Waals surface area contributed by atoms with Gasteiger partial charge in [-0.3, -0.25) is 10.1 Å². The third kappa shape index (κ3) is 3.55. The van der Waals surface area contributed by atoms with E-state index in [-0.39, 0.29) is 5.75 Å². The van der Waals surface area contributed by atoms with E-state index >= 15 is 0 Å². The first-order valence-corrected chi connectivity index (χ1v) is 7.39. The number of nitro benzene ring substituents is 1. The monoisotopic (exact) mass is 335 g/mol. The van der Waals surface area contributed by atoms with Crippen molar-refractivity contribution < 1.29 is 36.5 Å². The number of hydrogen-bond donors (Lipinski definition) is 0. The normalized spacial score (nSPS) is 10.7. The van der Waals surface area contributed by atoms with Gasteiger partial charge in [-0.2, -0.15) is 8.42 Å². The van der Waals surface area contributed by atoms with E-state index in [0.717, 1.165) is 33.7 Å². The zero-order valence-electron chi connectivity index (χ0n) is 12.1. The van der Waals surface area contributed by atoms with Gasteiger partial charge < -0.3 is 18.4 Å².